The van der Waals surface area contributed by atoms with Gasteiger partial charge in [-0.2, -0.15) is 0 Å². The molecule has 0 heterocycles. The van der Waals surface area contributed by atoms with Crippen molar-refractivity contribution in [3.05, 3.63) is 35.9 Å². The fourth-order valence-electron chi connectivity index (χ4n) is 1.66. The predicted molar refractivity (Wildman–Crippen MR) is 70.6 cm³/mol. The molecule has 0 spiro atoms. The van der Waals surface area contributed by atoms with Crippen LogP contribution in [-0.4, -0.2) is 43.4 Å². The molecule has 0 radical (unpaired) electrons. The number of rotatable bonds is 9. The number of hydrogen-bond donors (Lipinski definition) is 1. The first-order chi connectivity index (χ1) is 10.0. The Morgan fingerprint density at radius 1 is 1.25 bits per heavy atom. The second kappa shape index (κ2) is 8.78. The average molecular weight is 285 g/mol. The van der Waals surface area contributed by atoms with Gasteiger partial charge in [-0.15, -0.1) is 0 Å². The van der Waals surface area contributed by atoms with Crippen molar-refractivity contribution in [1.82, 2.24) is 0 Å². The number of aliphatic hydroxyl groups excluding tert-OH is 1. The third kappa shape index (κ3) is 4.99. The summed E-state index contributed by atoms with van der Waals surface area (Å²) in [5, 5.41) is 9.69. The SMILES string of the molecule is [2H]C(C(=O)[C@H](OOC)[C@@H](OOC)[C@@H](C)O)c1ccccc1. The average Bonchev–Trinajstić information content (AvgIpc) is 2.50. The third-order valence-electron chi connectivity index (χ3n) is 2.57. The number of carbonyl (C=O) groups excluding carboxylic acids is 1. The first-order valence-corrected chi connectivity index (χ1v) is 6.10. The van der Waals surface area contributed by atoms with Gasteiger partial charge in [0.05, 0.1) is 20.3 Å². The zero-order chi connectivity index (χ0) is 15.8. The Kier molecular flexibility index (Phi) is 6.62. The van der Waals surface area contributed by atoms with Crippen molar-refractivity contribution >= 4 is 5.78 Å². The van der Waals surface area contributed by atoms with Crippen molar-refractivity contribution in [2.24, 2.45) is 0 Å². The molecule has 20 heavy (non-hydrogen) atoms. The lowest BCUT2D eigenvalue weighted by atomic mass is 9.99. The smallest absolute Gasteiger partial charge is 0.183 e. The summed E-state index contributed by atoms with van der Waals surface area (Å²) in [5.74, 6) is -0.606. The fourth-order valence-corrected chi connectivity index (χ4v) is 1.66. The van der Waals surface area contributed by atoms with Crippen molar-refractivity contribution in [1.29, 1.82) is 0 Å². The lowest BCUT2D eigenvalue weighted by Crippen LogP contribution is -2.45. The van der Waals surface area contributed by atoms with Gasteiger partial charge in [0, 0.05) is 7.77 Å². The minimum Gasteiger partial charge on any atom is -0.390 e. The van der Waals surface area contributed by atoms with Gasteiger partial charge in [0.25, 0.3) is 0 Å². The monoisotopic (exact) mass is 285 g/mol. The van der Waals surface area contributed by atoms with Gasteiger partial charge in [-0.25, -0.2) is 19.6 Å². The zero-order valence-corrected chi connectivity index (χ0v) is 11.7. The second-order valence-corrected chi connectivity index (χ2v) is 4.11. The Morgan fingerprint density at radius 2 is 1.85 bits per heavy atom. The number of hydrogen-bond acceptors (Lipinski definition) is 6. The van der Waals surface area contributed by atoms with Crippen LogP contribution in [0.3, 0.4) is 0 Å². The molecular weight excluding hydrogens is 264 g/mol. The van der Waals surface area contributed by atoms with E-state index in [2.05, 4.69) is 9.78 Å². The van der Waals surface area contributed by atoms with Crippen LogP contribution < -0.4 is 0 Å². The number of Topliss-reactive ketones (excluding diaryl/α,β-unsaturated/α-hetero) is 1. The van der Waals surface area contributed by atoms with E-state index >= 15 is 0 Å². The van der Waals surface area contributed by atoms with Crippen molar-refractivity contribution in [2.45, 2.75) is 31.6 Å². The second-order valence-electron chi connectivity index (χ2n) is 4.11. The Morgan fingerprint density at radius 3 is 2.35 bits per heavy atom. The van der Waals surface area contributed by atoms with E-state index in [9.17, 15) is 9.90 Å². The molecule has 1 aromatic carbocycles. The van der Waals surface area contributed by atoms with Gasteiger partial charge in [0.1, 0.15) is 0 Å². The molecular formula is C14H20O6. The fraction of sp³-hybridized carbons (Fsp3) is 0.500. The van der Waals surface area contributed by atoms with Crippen LogP contribution >= 0.6 is 0 Å². The molecule has 0 bridgehead atoms. The van der Waals surface area contributed by atoms with E-state index in [0.717, 1.165) is 0 Å². The Balaban J connectivity index is 2.95. The molecule has 4 atom stereocenters. The highest BCUT2D eigenvalue weighted by atomic mass is 17.2. The molecule has 0 saturated heterocycles. The number of aliphatic hydroxyl groups is 1. The molecule has 1 N–H and O–H groups in total. The van der Waals surface area contributed by atoms with E-state index in [4.69, 9.17) is 11.1 Å². The van der Waals surface area contributed by atoms with E-state index in [1.54, 1.807) is 30.3 Å². The largest absolute Gasteiger partial charge is 0.390 e. The lowest BCUT2D eigenvalue weighted by Gasteiger charge is -2.25. The zero-order valence-electron chi connectivity index (χ0n) is 12.7. The molecule has 1 unspecified atom stereocenters. The minimum atomic E-state index is -1.29. The van der Waals surface area contributed by atoms with Crippen LogP contribution in [0.25, 0.3) is 0 Å². The standard InChI is InChI=1S/C14H20O6/c1-10(15)13(19-17-2)14(20-18-3)12(16)9-11-7-5-4-6-8-11/h4-8,10,13-15H,9H2,1-3H3/t10-,13+,14+/m1/s1/i9D/t9?,10-,13+,14+. The molecule has 0 amide bonds. The first-order valence-electron chi connectivity index (χ1n) is 6.68. The molecule has 0 aliphatic heterocycles. The maximum atomic E-state index is 12.4. The molecule has 0 aliphatic rings. The van der Waals surface area contributed by atoms with Gasteiger partial charge in [-0.3, -0.25) is 4.79 Å². The van der Waals surface area contributed by atoms with Gasteiger partial charge in [0.15, 0.2) is 18.0 Å². The van der Waals surface area contributed by atoms with Crippen LogP contribution in [0.4, 0.5) is 0 Å². The molecule has 0 aromatic heterocycles. The van der Waals surface area contributed by atoms with Gasteiger partial charge in [-0.1, -0.05) is 30.3 Å². The third-order valence-corrected chi connectivity index (χ3v) is 2.57. The van der Waals surface area contributed by atoms with Crippen LogP contribution in [0.5, 0.6) is 0 Å². The highest BCUT2D eigenvalue weighted by Crippen LogP contribution is 2.14. The van der Waals surface area contributed by atoms with Crippen LogP contribution in [0.2, 0.25) is 0 Å². The maximum Gasteiger partial charge on any atom is 0.183 e. The summed E-state index contributed by atoms with van der Waals surface area (Å²) in [5.41, 5.74) is 0.508. The number of ketones is 1. The molecule has 6 nitrogen and oxygen atoms in total. The quantitative estimate of drug-likeness (QED) is 0.540. The van der Waals surface area contributed by atoms with Gasteiger partial charge < -0.3 is 5.11 Å². The van der Waals surface area contributed by atoms with Crippen LogP contribution in [0.1, 0.15) is 13.9 Å². The first kappa shape index (κ1) is 15.1. The van der Waals surface area contributed by atoms with Gasteiger partial charge >= 0.3 is 0 Å². The topological polar surface area (TPSA) is 74.2 Å². The molecule has 0 aliphatic carbocycles. The summed E-state index contributed by atoms with van der Waals surface area (Å²) in [6.07, 6.45) is -4.65. The molecule has 112 valence electrons. The summed E-state index contributed by atoms with van der Waals surface area (Å²) in [7, 11) is 2.48. The summed E-state index contributed by atoms with van der Waals surface area (Å²) >= 11 is 0. The van der Waals surface area contributed by atoms with Gasteiger partial charge in [-0.05, 0) is 12.5 Å². The highest BCUT2D eigenvalue weighted by molar-refractivity contribution is 5.85. The van der Waals surface area contributed by atoms with Crippen molar-refractivity contribution in [2.75, 3.05) is 14.2 Å². The minimum absolute atomic E-state index is 0.508. The maximum absolute atomic E-state index is 12.4. The molecule has 0 saturated carbocycles. The van der Waals surface area contributed by atoms with Crippen molar-refractivity contribution in [3.8, 4) is 0 Å². The molecule has 1 rings (SSSR count). The highest BCUT2D eigenvalue weighted by Gasteiger charge is 2.35. The summed E-state index contributed by atoms with van der Waals surface area (Å²) in [6, 6.07) is 8.57. The Hall–Kier alpha value is -1.31. The van der Waals surface area contributed by atoms with Crippen molar-refractivity contribution < 1.29 is 30.8 Å². The number of carbonyl (C=O) groups is 1. The van der Waals surface area contributed by atoms with Gasteiger partial charge in [0.2, 0.25) is 0 Å². The van der Waals surface area contributed by atoms with Crippen molar-refractivity contribution in [3.63, 3.8) is 0 Å². The van der Waals surface area contributed by atoms with Crippen LogP contribution in [0.15, 0.2) is 30.3 Å². The molecule has 6 heteroatoms. The summed E-state index contributed by atoms with van der Waals surface area (Å²) in [6.45, 7) is 1.42. The Labute approximate surface area is 119 Å². The van der Waals surface area contributed by atoms with E-state index in [0.29, 0.717) is 5.56 Å². The summed E-state index contributed by atoms with van der Waals surface area (Å²) < 4.78 is 8.03. The predicted octanol–water partition coefficient (Wildman–Crippen LogP) is 1.07. The Bertz CT molecular complexity index is 425. The van der Waals surface area contributed by atoms with E-state index in [1.165, 1.54) is 21.1 Å². The van der Waals surface area contributed by atoms with E-state index in [1.807, 2.05) is 0 Å². The normalized spacial score (nSPS) is 17.9. The molecule has 1 aromatic rings. The number of benzene rings is 1. The summed E-state index contributed by atoms with van der Waals surface area (Å²) in [4.78, 5) is 31.2. The van der Waals surface area contributed by atoms with E-state index in [-0.39, 0.29) is 0 Å². The lowest BCUT2D eigenvalue weighted by molar-refractivity contribution is -0.376. The van der Waals surface area contributed by atoms with E-state index < -0.39 is 30.5 Å². The van der Waals surface area contributed by atoms with Crippen LogP contribution in [0, 0.1) is 0 Å². The molecule has 0 fully saturated rings. The van der Waals surface area contributed by atoms with Crippen LogP contribution in [-0.2, 0) is 30.7 Å².